The first kappa shape index (κ1) is 35.8. The van der Waals surface area contributed by atoms with Crippen LogP contribution in [0.5, 0.6) is 0 Å². The minimum atomic E-state index is -1.23. The monoisotopic (exact) mass is 701 g/mol. The molecule has 11 heteroatoms. The first-order chi connectivity index (χ1) is 22.1. The quantitative estimate of drug-likeness (QED) is 0.102. The van der Waals surface area contributed by atoms with Crippen LogP contribution in [0.3, 0.4) is 0 Å². The summed E-state index contributed by atoms with van der Waals surface area (Å²) in [6, 6.07) is 7.66. The van der Waals surface area contributed by atoms with E-state index in [1.807, 2.05) is 30.3 Å². The van der Waals surface area contributed by atoms with Gasteiger partial charge in [-0.2, -0.15) is 0 Å². The Balaban J connectivity index is 1.66. The van der Waals surface area contributed by atoms with Crippen molar-refractivity contribution in [1.82, 2.24) is 15.1 Å². The number of alkyl halides is 1. The standard InChI is InChI=1S/C35H48BrN3O7/c1-5-8-13-19-38(18-7-3)33(43)31-35-22-25(36)30(46-35)27(28(35)32(42)39(31)20-14-21-40)34(44)45-29(24-15-11-10-12-16-24)23(4)37-26(41)17-9-6-2/h6-7,10-12,15-16,23,25,27-31,40H,2-3,5,8-9,13-14,17-22H2,1,4H3,(H,37,41)/t23-,25?,27-,28+,29-,30-,31-,35+/m1/s1. The van der Waals surface area contributed by atoms with Crippen molar-refractivity contribution < 1.29 is 33.8 Å². The van der Waals surface area contributed by atoms with Gasteiger partial charge in [-0.1, -0.05) is 78.2 Å². The number of aliphatic hydroxyl groups excluding tert-OH is 1. The highest BCUT2D eigenvalue weighted by Gasteiger charge is 2.77. The number of amides is 3. The first-order valence-corrected chi connectivity index (χ1v) is 17.3. The molecular weight excluding hydrogens is 654 g/mol. The Morgan fingerprint density at radius 3 is 2.61 bits per heavy atom. The Morgan fingerprint density at radius 1 is 1.22 bits per heavy atom. The molecule has 3 heterocycles. The molecule has 3 aliphatic rings. The van der Waals surface area contributed by atoms with Gasteiger partial charge in [-0.3, -0.25) is 19.2 Å². The maximum Gasteiger partial charge on any atom is 0.313 e. The number of esters is 1. The number of nitrogens with one attached hydrogen (secondary N) is 1. The summed E-state index contributed by atoms with van der Waals surface area (Å²) >= 11 is 3.71. The van der Waals surface area contributed by atoms with E-state index < -0.39 is 47.7 Å². The third kappa shape index (κ3) is 7.26. The molecule has 3 fully saturated rings. The van der Waals surface area contributed by atoms with Gasteiger partial charge in [0, 0.05) is 37.5 Å². The van der Waals surface area contributed by atoms with Gasteiger partial charge in [0.05, 0.1) is 24.0 Å². The molecule has 1 aromatic carbocycles. The van der Waals surface area contributed by atoms with E-state index in [-0.39, 0.29) is 48.5 Å². The number of hydrogen-bond acceptors (Lipinski definition) is 7. The van der Waals surface area contributed by atoms with Crippen LogP contribution in [-0.2, 0) is 28.7 Å². The zero-order chi connectivity index (χ0) is 33.4. The fourth-order valence-electron chi connectivity index (χ4n) is 7.27. The molecule has 3 amide bonds. The highest BCUT2D eigenvalue weighted by atomic mass is 79.9. The number of allylic oxidation sites excluding steroid dienone is 1. The molecule has 46 heavy (non-hydrogen) atoms. The van der Waals surface area contributed by atoms with Crippen molar-refractivity contribution in [3.05, 3.63) is 61.2 Å². The highest BCUT2D eigenvalue weighted by molar-refractivity contribution is 9.09. The second-order valence-electron chi connectivity index (χ2n) is 12.5. The summed E-state index contributed by atoms with van der Waals surface area (Å²) in [7, 11) is 0. The van der Waals surface area contributed by atoms with Crippen LogP contribution in [0, 0.1) is 11.8 Å². The molecule has 0 saturated carbocycles. The highest BCUT2D eigenvalue weighted by Crippen LogP contribution is 2.60. The summed E-state index contributed by atoms with van der Waals surface area (Å²) in [5.74, 6) is -3.29. The number of halogens is 1. The third-order valence-electron chi connectivity index (χ3n) is 9.33. The number of carbonyl (C=O) groups excluding carboxylic acids is 4. The van der Waals surface area contributed by atoms with E-state index >= 15 is 0 Å². The number of hydrogen-bond donors (Lipinski definition) is 2. The predicted molar refractivity (Wildman–Crippen MR) is 178 cm³/mol. The van der Waals surface area contributed by atoms with E-state index in [0.717, 1.165) is 19.3 Å². The zero-order valence-corrected chi connectivity index (χ0v) is 28.5. The van der Waals surface area contributed by atoms with Gasteiger partial charge >= 0.3 is 5.97 Å². The predicted octanol–water partition coefficient (Wildman–Crippen LogP) is 4.08. The Hall–Kier alpha value is -3.02. The molecule has 252 valence electrons. The Bertz CT molecular complexity index is 1260. The van der Waals surface area contributed by atoms with Gasteiger partial charge < -0.3 is 29.7 Å². The molecule has 3 aliphatic heterocycles. The molecule has 1 unspecified atom stereocenters. The fraction of sp³-hybridized carbons (Fsp3) is 0.600. The SMILES string of the molecule is C=CCCC(=O)N[C@H](C)[C@@H](OC(=O)[C@H]1[C@@H]2O[C@@]3(CC2Br)[C@@H]1C(=O)N(CCCO)[C@@H]3C(=O)N(CC=C)CCCCC)c1ccccc1. The molecule has 2 bridgehead atoms. The van der Waals surface area contributed by atoms with E-state index in [2.05, 4.69) is 41.3 Å². The number of aliphatic hydroxyl groups is 1. The fourth-order valence-corrected chi connectivity index (χ4v) is 8.22. The summed E-state index contributed by atoms with van der Waals surface area (Å²) in [5.41, 5.74) is -0.535. The Labute approximate surface area is 280 Å². The van der Waals surface area contributed by atoms with Crippen LogP contribution < -0.4 is 5.32 Å². The Morgan fingerprint density at radius 2 is 1.96 bits per heavy atom. The lowest BCUT2D eigenvalue weighted by molar-refractivity contribution is -0.162. The lowest BCUT2D eigenvalue weighted by Gasteiger charge is -2.37. The van der Waals surface area contributed by atoms with E-state index in [1.54, 1.807) is 24.0 Å². The molecule has 8 atom stereocenters. The summed E-state index contributed by atoms with van der Waals surface area (Å²) < 4.78 is 12.8. The van der Waals surface area contributed by atoms with E-state index in [0.29, 0.717) is 31.5 Å². The van der Waals surface area contributed by atoms with Gasteiger partial charge in [0.25, 0.3) is 0 Å². The van der Waals surface area contributed by atoms with Crippen LogP contribution in [0.4, 0.5) is 0 Å². The van der Waals surface area contributed by atoms with Crippen molar-refractivity contribution in [2.24, 2.45) is 11.8 Å². The molecule has 1 spiro atoms. The van der Waals surface area contributed by atoms with Gasteiger partial charge in [-0.15, -0.1) is 13.2 Å². The van der Waals surface area contributed by atoms with Crippen molar-refractivity contribution >= 4 is 39.6 Å². The number of unbranched alkanes of at least 4 members (excludes halogenated alkanes) is 2. The second-order valence-corrected chi connectivity index (χ2v) is 13.7. The number of fused-ring (bicyclic) bond motifs is 1. The first-order valence-electron chi connectivity index (χ1n) is 16.4. The maximum atomic E-state index is 14.4. The van der Waals surface area contributed by atoms with Gasteiger partial charge in [0.2, 0.25) is 17.7 Å². The second kappa shape index (κ2) is 16.2. The van der Waals surface area contributed by atoms with Gasteiger partial charge in [-0.25, -0.2) is 0 Å². The summed E-state index contributed by atoms with van der Waals surface area (Å²) in [4.78, 5) is 58.4. The van der Waals surface area contributed by atoms with Crippen LogP contribution in [0.2, 0.25) is 0 Å². The molecule has 4 rings (SSSR count). The number of rotatable bonds is 18. The zero-order valence-electron chi connectivity index (χ0n) is 26.9. The van der Waals surface area contributed by atoms with Gasteiger partial charge in [-0.05, 0) is 38.2 Å². The number of nitrogens with zero attached hydrogens (tertiary/aromatic N) is 2. The summed E-state index contributed by atoms with van der Waals surface area (Å²) in [6.45, 7) is 12.2. The summed E-state index contributed by atoms with van der Waals surface area (Å²) in [6.07, 6.45) is 6.03. The largest absolute Gasteiger partial charge is 0.455 e. The smallest absolute Gasteiger partial charge is 0.313 e. The average molecular weight is 703 g/mol. The van der Waals surface area contributed by atoms with Crippen molar-refractivity contribution in [3.8, 4) is 0 Å². The summed E-state index contributed by atoms with van der Waals surface area (Å²) in [5, 5.41) is 12.6. The molecule has 10 nitrogen and oxygen atoms in total. The minimum Gasteiger partial charge on any atom is -0.455 e. The van der Waals surface area contributed by atoms with Crippen molar-refractivity contribution in [1.29, 1.82) is 0 Å². The van der Waals surface area contributed by atoms with Crippen LogP contribution in [0.1, 0.15) is 70.5 Å². The number of benzene rings is 1. The van der Waals surface area contributed by atoms with E-state index in [9.17, 15) is 24.3 Å². The number of carbonyl (C=O) groups is 4. The van der Waals surface area contributed by atoms with Gasteiger partial charge in [0.1, 0.15) is 17.7 Å². The molecule has 2 N–H and O–H groups in total. The lowest BCUT2D eigenvalue weighted by Crippen LogP contribution is -2.57. The normalized spacial score (nSPS) is 27.5. The molecule has 3 saturated heterocycles. The van der Waals surface area contributed by atoms with Crippen molar-refractivity contribution in [3.63, 3.8) is 0 Å². The Kier molecular flexibility index (Phi) is 12.6. The number of likely N-dealkylation sites (tertiary alicyclic amines) is 1. The number of ether oxygens (including phenoxy) is 2. The van der Waals surface area contributed by atoms with E-state index in [1.165, 1.54) is 4.90 Å². The molecule has 0 radical (unpaired) electrons. The van der Waals surface area contributed by atoms with Crippen LogP contribution in [0.15, 0.2) is 55.6 Å². The maximum absolute atomic E-state index is 14.4. The van der Waals surface area contributed by atoms with Crippen LogP contribution in [-0.4, -0.2) is 93.5 Å². The van der Waals surface area contributed by atoms with E-state index in [4.69, 9.17) is 9.47 Å². The third-order valence-corrected chi connectivity index (χ3v) is 10.2. The molecule has 0 aliphatic carbocycles. The van der Waals surface area contributed by atoms with Crippen LogP contribution >= 0.6 is 15.9 Å². The topological polar surface area (TPSA) is 125 Å². The average Bonchev–Trinajstić information content (AvgIpc) is 3.64. The van der Waals surface area contributed by atoms with Crippen molar-refractivity contribution in [2.45, 2.75) is 93.5 Å². The van der Waals surface area contributed by atoms with Crippen LogP contribution in [0.25, 0.3) is 0 Å². The van der Waals surface area contributed by atoms with Crippen molar-refractivity contribution in [2.75, 3.05) is 26.2 Å². The van der Waals surface area contributed by atoms with Gasteiger partial charge in [0.15, 0.2) is 0 Å². The minimum absolute atomic E-state index is 0.152. The molecule has 0 aromatic heterocycles. The molecular formula is C35H48BrN3O7. The lowest BCUT2D eigenvalue weighted by atomic mass is 9.70. The molecule has 1 aromatic rings.